The van der Waals surface area contributed by atoms with Crippen molar-refractivity contribution in [2.45, 2.75) is 39.7 Å². The molecule has 1 saturated carbocycles. The lowest BCUT2D eigenvalue weighted by Gasteiger charge is -2.20. The van der Waals surface area contributed by atoms with Crippen molar-refractivity contribution in [1.29, 1.82) is 0 Å². The first-order valence-corrected chi connectivity index (χ1v) is 7.38. The highest BCUT2D eigenvalue weighted by Gasteiger charge is 2.24. The van der Waals surface area contributed by atoms with Crippen molar-refractivity contribution in [3.8, 4) is 0 Å². The third-order valence-electron chi connectivity index (χ3n) is 3.02. The van der Waals surface area contributed by atoms with Gasteiger partial charge in [-0.1, -0.05) is 11.4 Å². The second-order valence-corrected chi connectivity index (χ2v) is 5.51. The van der Waals surface area contributed by atoms with Crippen molar-refractivity contribution < 1.29 is 0 Å². The van der Waals surface area contributed by atoms with Crippen molar-refractivity contribution >= 4 is 16.5 Å². The normalized spacial score (nSPS) is 15.5. The lowest BCUT2D eigenvalue weighted by molar-refractivity contribution is 0.252. The van der Waals surface area contributed by atoms with E-state index in [9.17, 15) is 0 Å². The highest BCUT2D eigenvalue weighted by atomic mass is 32.1. The molecule has 1 heterocycles. The molecular formula is C12H22N4S. The topological polar surface area (TPSA) is 41.1 Å². The Labute approximate surface area is 108 Å². The van der Waals surface area contributed by atoms with Gasteiger partial charge >= 0.3 is 0 Å². The Morgan fingerprint density at radius 3 is 2.88 bits per heavy atom. The predicted molar refractivity (Wildman–Crippen MR) is 72.4 cm³/mol. The Morgan fingerprint density at radius 1 is 1.41 bits per heavy atom. The molecule has 1 fully saturated rings. The maximum Gasteiger partial charge on any atom is 0.134 e. The summed E-state index contributed by atoms with van der Waals surface area (Å²) in [6, 6.07) is 0. The molecule has 0 atom stereocenters. The van der Waals surface area contributed by atoms with E-state index in [1.165, 1.54) is 43.9 Å². The molecule has 0 aliphatic heterocycles. The fourth-order valence-corrected chi connectivity index (χ4v) is 2.68. The lowest BCUT2D eigenvalue weighted by atomic mass is 10.3. The quantitative estimate of drug-likeness (QED) is 0.774. The third-order valence-corrected chi connectivity index (χ3v) is 3.75. The predicted octanol–water partition coefficient (Wildman–Crippen LogP) is 2.59. The number of nitrogens with zero attached hydrogens (tertiary/aromatic N) is 3. The summed E-state index contributed by atoms with van der Waals surface area (Å²) in [5.41, 5.74) is 1.12. The Morgan fingerprint density at radius 2 is 2.24 bits per heavy atom. The molecule has 96 valence electrons. The molecule has 17 heavy (non-hydrogen) atoms. The lowest BCUT2D eigenvalue weighted by Crippen LogP contribution is -2.27. The van der Waals surface area contributed by atoms with Crippen LogP contribution in [0, 0.1) is 5.92 Å². The molecule has 1 aromatic heterocycles. The van der Waals surface area contributed by atoms with Crippen LogP contribution in [-0.2, 0) is 6.54 Å². The molecule has 4 nitrogen and oxygen atoms in total. The van der Waals surface area contributed by atoms with E-state index in [-0.39, 0.29) is 0 Å². The molecule has 0 unspecified atom stereocenters. The van der Waals surface area contributed by atoms with Crippen LogP contribution in [0.2, 0.25) is 0 Å². The minimum Gasteiger partial charge on any atom is -0.374 e. The summed E-state index contributed by atoms with van der Waals surface area (Å²) in [5, 5.41) is 8.73. The van der Waals surface area contributed by atoms with E-state index in [1.54, 1.807) is 0 Å². The van der Waals surface area contributed by atoms with E-state index in [0.717, 1.165) is 29.7 Å². The van der Waals surface area contributed by atoms with Gasteiger partial charge in [0.05, 0.1) is 0 Å². The highest BCUT2D eigenvalue weighted by Crippen LogP contribution is 2.30. The van der Waals surface area contributed by atoms with E-state index in [4.69, 9.17) is 0 Å². The Bertz CT molecular complexity index is 335. The molecular weight excluding hydrogens is 232 g/mol. The van der Waals surface area contributed by atoms with E-state index >= 15 is 0 Å². The first kappa shape index (κ1) is 12.8. The Balaban J connectivity index is 1.92. The van der Waals surface area contributed by atoms with Crippen molar-refractivity contribution in [1.82, 2.24) is 14.5 Å². The molecule has 0 bridgehead atoms. The second-order valence-electron chi connectivity index (χ2n) is 4.76. The zero-order valence-corrected chi connectivity index (χ0v) is 11.6. The zero-order valence-electron chi connectivity index (χ0n) is 10.8. The second kappa shape index (κ2) is 6.31. The van der Waals surface area contributed by atoms with Gasteiger partial charge in [-0.25, -0.2) is 0 Å². The molecule has 1 N–H and O–H groups in total. The van der Waals surface area contributed by atoms with Crippen LogP contribution in [0.3, 0.4) is 0 Å². The fraction of sp³-hybridized carbons (Fsp3) is 0.833. The minimum atomic E-state index is 0.938. The van der Waals surface area contributed by atoms with Crippen LogP contribution in [0.25, 0.3) is 0 Å². The van der Waals surface area contributed by atoms with Gasteiger partial charge in [0.1, 0.15) is 10.7 Å². The zero-order chi connectivity index (χ0) is 12.1. The van der Waals surface area contributed by atoms with Gasteiger partial charge in [0.2, 0.25) is 0 Å². The summed E-state index contributed by atoms with van der Waals surface area (Å²) in [7, 11) is 0. The van der Waals surface area contributed by atoms with E-state index in [1.807, 2.05) is 0 Å². The molecule has 1 aliphatic rings. The smallest absolute Gasteiger partial charge is 0.134 e. The number of rotatable bonds is 8. The summed E-state index contributed by atoms with van der Waals surface area (Å²) < 4.78 is 4.05. The summed E-state index contributed by atoms with van der Waals surface area (Å²) >= 11 is 1.47. The van der Waals surface area contributed by atoms with Gasteiger partial charge < -0.3 is 5.32 Å². The Hall–Kier alpha value is -0.680. The first-order valence-electron chi connectivity index (χ1n) is 6.61. The average molecular weight is 254 g/mol. The van der Waals surface area contributed by atoms with Crippen molar-refractivity contribution in [3.63, 3.8) is 0 Å². The molecule has 5 heteroatoms. The summed E-state index contributed by atoms with van der Waals surface area (Å²) in [4.78, 5) is 2.52. The average Bonchev–Trinajstić information content (AvgIpc) is 3.01. The van der Waals surface area contributed by atoms with E-state index < -0.39 is 0 Å². The number of aromatic nitrogens is 2. The van der Waals surface area contributed by atoms with Crippen LogP contribution in [-0.4, -0.2) is 34.1 Å². The monoisotopic (exact) mass is 254 g/mol. The van der Waals surface area contributed by atoms with Gasteiger partial charge in [0, 0.05) is 31.2 Å². The fourth-order valence-electron chi connectivity index (χ4n) is 2.04. The Kier molecular flexibility index (Phi) is 4.74. The number of anilines is 1. The maximum absolute atomic E-state index is 4.25. The van der Waals surface area contributed by atoms with E-state index in [2.05, 4.69) is 33.7 Å². The van der Waals surface area contributed by atoms with Crippen LogP contribution in [0.15, 0.2) is 0 Å². The molecule has 0 amide bonds. The standard InChI is InChI=1S/C12H22N4S/c1-3-7-16(8-10-5-6-10)9-11-12(13-4-2)17-15-14-11/h10,13H,3-9H2,1-2H3. The molecule has 0 aromatic carbocycles. The van der Waals surface area contributed by atoms with Crippen LogP contribution < -0.4 is 5.32 Å². The van der Waals surface area contributed by atoms with Crippen molar-refractivity contribution in [2.75, 3.05) is 25.0 Å². The van der Waals surface area contributed by atoms with Crippen LogP contribution in [0.1, 0.15) is 38.8 Å². The third kappa shape index (κ3) is 3.92. The number of nitrogens with one attached hydrogen (secondary N) is 1. The summed E-state index contributed by atoms with van der Waals surface area (Å²) in [6.45, 7) is 8.63. The molecule has 1 aliphatic carbocycles. The highest BCUT2D eigenvalue weighted by molar-refractivity contribution is 7.10. The van der Waals surface area contributed by atoms with Gasteiger partial charge in [0.15, 0.2) is 0 Å². The SMILES string of the molecule is CCCN(Cc1nnsc1NCC)CC1CC1. The maximum atomic E-state index is 4.25. The number of hydrogen-bond acceptors (Lipinski definition) is 5. The van der Waals surface area contributed by atoms with Gasteiger partial charge in [-0.3, -0.25) is 4.90 Å². The van der Waals surface area contributed by atoms with Gasteiger partial charge in [-0.2, -0.15) is 0 Å². The minimum absolute atomic E-state index is 0.938. The van der Waals surface area contributed by atoms with Crippen molar-refractivity contribution in [2.24, 2.45) is 5.92 Å². The molecule has 0 radical (unpaired) electrons. The molecule has 2 rings (SSSR count). The van der Waals surface area contributed by atoms with Crippen LogP contribution in [0.5, 0.6) is 0 Å². The molecule has 0 saturated heterocycles. The molecule has 1 aromatic rings. The van der Waals surface area contributed by atoms with Gasteiger partial charge in [-0.15, -0.1) is 5.10 Å². The molecule has 0 spiro atoms. The van der Waals surface area contributed by atoms with Crippen LogP contribution in [0.4, 0.5) is 5.00 Å². The van der Waals surface area contributed by atoms with E-state index in [0.29, 0.717) is 0 Å². The first-order chi connectivity index (χ1) is 8.33. The largest absolute Gasteiger partial charge is 0.374 e. The van der Waals surface area contributed by atoms with Crippen molar-refractivity contribution in [3.05, 3.63) is 5.69 Å². The van der Waals surface area contributed by atoms with Gasteiger partial charge in [-0.05, 0) is 38.6 Å². The summed E-state index contributed by atoms with van der Waals surface area (Å²) in [5.74, 6) is 0.940. The number of hydrogen-bond donors (Lipinski definition) is 1. The van der Waals surface area contributed by atoms with Gasteiger partial charge in [0.25, 0.3) is 0 Å². The summed E-state index contributed by atoms with van der Waals surface area (Å²) in [6.07, 6.45) is 4.03. The van der Waals surface area contributed by atoms with Crippen LogP contribution >= 0.6 is 11.5 Å².